The molecule has 3 heterocycles. The molecular weight excluding hydrogens is 460 g/mol. The second kappa shape index (κ2) is 12.8. The van der Waals surface area contributed by atoms with Crippen molar-refractivity contribution in [3.63, 3.8) is 0 Å². The molecule has 35 heavy (non-hydrogen) atoms. The number of oxazole rings is 1. The summed E-state index contributed by atoms with van der Waals surface area (Å²) in [5, 5.41) is 2.97. The molecule has 1 atom stereocenters. The largest absolute Gasteiger partial charge is 0.443 e. The summed E-state index contributed by atoms with van der Waals surface area (Å²) in [5.74, 6) is -0.163. The number of nitrogens with zero attached hydrogens (tertiary/aromatic N) is 3. The number of anilines is 1. The van der Waals surface area contributed by atoms with E-state index in [4.69, 9.17) is 4.42 Å². The first kappa shape index (κ1) is 26.1. The molecule has 1 saturated heterocycles. The van der Waals surface area contributed by atoms with Gasteiger partial charge in [0.05, 0.1) is 11.4 Å². The molecule has 2 aromatic heterocycles. The van der Waals surface area contributed by atoms with Crippen molar-refractivity contribution in [2.75, 3.05) is 24.4 Å². The molecule has 8 heteroatoms. The second-order valence-electron chi connectivity index (χ2n) is 8.20. The molecule has 2 amide bonds. The van der Waals surface area contributed by atoms with Crippen molar-refractivity contribution in [1.82, 2.24) is 14.5 Å². The highest BCUT2D eigenvalue weighted by Crippen LogP contribution is 2.23. The van der Waals surface area contributed by atoms with Gasteiger partial charge < -0.3 is 19.2 Å². The quantitative estimate of drug-likeness (QED) is 0.406. The summed E-state index contributed by atoms with van der Waals surface area (Å²) in [7, 11) is 0. The summed E-state index contributed by atoms with van der Waals surface area (Å²) in [6.45, 7) is 4.20. The highest BCUT2D eigenvalue weighted by molar-refractivity contribution is 7.97. The lowest BCUT2D eigenvalue weighted by atomic mass is 10.2. The van der Waals surface area contributed by atoms with Crippen LogP contribution < -0.4 is 5.32 Å². The van der Waals surface area contributed by atoms with Crippen molar-refractivity contribution in [3.05, 3.63) is 78.9 Å². The van der Waals surface area contributed by atoms with Gasteiger partial charge in [-0.05, 0) is 74.2 Å². The Hall–Kier alpha value is -3.52. The van der Waals surface area contributed by atoms with Crippen molar-refractivity contribution >= 4 is 40.4 Å². The van der Waals surface area contributed by atoms with E-state index in [-0.39, 0.29) is 17.9 Å². The zero-order chi connectivity index (χ0) is 25.2. The van der Waals surface area contributed by atoms with Crippen molar-refractivity contribution in [1.29, 1.82) is 0 Å². The number of thioether (sulfide) groups is 1. The number of aromatic nitrogens is 2. The molecule has 1 aliphatic rings. The van der Waals surface area contributed by atoms with Crippen molar-refractivity contribution in [2.45, 2.75) is 32.7 Å². The van der Waals surface area contributed by atoms with Crippen molar-refractivity contribution in [2.24, 2.45) is 0 Å². The van der Waals surface area contributed by atoms with Crippen LogP contribution >= 0.6 is 11.8 Å². The second-order valence-corrected chi connectivity index (χ2v) is 9.02. The molecule has 0 unspecified atom stereocenters. The van der Waals surface area contributed by atoms with Gasteiger partial charge in [-0.2, -0.15) is 11.8 Å². The maximum absolute atomic E-state index is 12.5. The summed E-state index contributed by atoms with van der Waals surface area (Å²) >= 11 is 1.75. The summed E-state index contributed by atoms with van der Waals surface area (Å²) < 4.78 is 7.04. The first-order valence-corrected chi connectivity index (χ1v) is 13.1. The summed E-state index contributed by atoms with van der Waals surface area (Å²) in [5.41, 5.74) is 4.64. The lowest BCUT2D eigenvalue weighted by Crippen LogP contribution is -2.42. The van der Waals surface area contributed by atoms with Gasteiger partial charge in [0.25, 0.3) is 0 Å². The molecule has 1 aliphatic heterocycles. The van der Waals surface area contributed by atoms with E-state index in [1.165, 1.54) is 18.9 Å². The molecule has 1 fully saturated rings. The minimum absolute atomic E-state index is 0.0451. The maximum Gasteiger partial charge on any atom is 0.247 e. The van der Waals surface area contributed by atoms with Gasteiger partial charge in [-0.25, -0.2) is 4.98 Å². The van der Waals surface area contributed by atoms with Gasteiger partial charge in [-0.15, -0.1) is 0 Å². The number of benzene rings is 2. The molecule has 0 radical (unpaired) electrons. The van der Waals surface area contributed by atoms with Gasteiger partial charge >= 0.3 is 0 Å². The van der Waals surface area contributed by atoms with Crippen LogP contribution in [0.4, 0.5) is 5.69 Å². The molecule has 7 nitrogen and oxygen atoms in total. The molecule has 0 saturated carbocycles. The van der Waals surface area contributed by atoms with E-state index in [1.54, 1.807) is 16.7 Å². The predicted molar refractivity (Wildman–Crippen MR) is 143 cm³/mol. The monoisotopic (exact) mass is 492 g/mol. The molecule has 0 aliphatic carbocycles. The fourth-order valence-electron chi connectivity index (χ4n) is 3.89. The lowest BCUT2D eigenvalue weighted by molar-refractivity contribution is -0.134. The van der Waals surface area contributed by atoms with Crippen LogP contribution in [0.3, 0.4) is 0 Å². The van der Waals surface area contributed by atoms with E-state index in [1.807, 2.05) is 91.0 Å². The summed E-state index contributed by atoms with van der Waals surface area (Å²) in [6.07, 6.45) is 11.0. The van der Waals surface area contributed by atoms with E-state index in [9.17, 15) is 9.59 Å². The molecule has 2 aromatic carbocycles. The maximum atomic E-state index is 12.5. The number of para-hydroxylation sites is 2. The number of amides is 2. The SMILES string of the molecule is CC(=O)N1CCC[C@H]1C(=O)Nc1ccccc1-n1cccc1.CSC.Cc1ccc2ncoc2c1. The third-order valence-electron chi connectivity index (χ3n) is 5.49. The number of hydrogen-bond acceptors (Lipinski definition) is 5. The van der Waals surface area contributed by atoms with Crippen LogP contribution in [0, 0.1) is 6.92 Å². The standard InChI is InChI=1S/C17H19N3O2.C8H7NO.C2H6S/c1-13(21)20-12-6-9-16(20)17(22)18-14-7-2-3-8-15(14)19-10-4-5-11-19;1-6-2-3-7-8(4-6)10-5-9-7;1-3-2/h2-5,7-8,10-11,16H,6,9,12H2,1H3,(H,18,22);2-5H,1H3;1-2H3/t16-;;/m0../s1. The Labute approximate surface area is 210 Å². The van der Waals surface area contributed by atoms with Crippen molar-refractivity contribution < 1.29 is 14.0 Å². The van der Waals surface area contributed by atoms with Crippen LogP contribution in [0.15, 0.2) is 77.8 Å². The molecule has 0 spiro atoms. The topological polar surface area (TPSA) is 80.4 Å². The number of fused-ring (bicyclic) bond motifs is 1. The van der Waals surface area contributed by atoms with E-state index >= 15 is 0 Å². The zero-order valence-corrected chi connectivity index (χ0v) is 21.4. The molecular formula is C27H32N4O3S. The normalized spacial score (nSPS) is 14.5. The van der Waals surface area contributed by atoms with Crippen LogP contribution in [0.2, 0.25) is 0 Å². The molecule has 0 bridgehead atoms. The van der Waals surface area contributed by atoms with Crippen LogP contribution in [0.5, 0.6) is 0 Å². The van der Waals surface area contributed by atoms with Crippen LogP contribution in [0.1, 0.15) is 25.3 Å². The first-order chi connectivity index (χ1) is 16.9. The van der Waals surface area contributed by atoms with Crippen LogP contribution in [0.25, 0.3) is 16.8 Å². The Balaban J connectivity index is 0.000000217. The lowest BCUT2D eigenvalue weighted by Gasteiger charge is -2.23. The van der Waals surface area contributed by atoms with E-state index in [2.05, 4.69) is 10.3 Å². The van der Waals surface area contributed by atoms with E-state index < -0.39 is 0 Å². The van der Waals surface area contributed by atoms with Crippen LogP contribution in [-0.2, 0) is 9.59 Å². The number of carbonyl (C=O) groups excluding carboxylic acids is 2. The summed E-state index contributed by atoms with van der Waals surface area (Å²) in [6, 6.07) is 17.1. The average molecular weight is 493 g/mol. The average Bonchev–Trinajstić information content (AvgIpc) is 3.61. The third kappa shape index (κ3) is 6.99. The molecule has 4 aromatic rings. The van der Waals surface area contributed by atoms with E-state index in [0.29, 0.717) is 6.54 Å². The predicted octanol–water partition coefficient (Wildman–Crippen LogP) is 5.54. The minimum atomic E-state index is -0.366. The Kier molecular flexibility index (Phi) is 9.55. The number of carbonyl (C=O) groups is 2. The van der Waals surface area contributed by atoms with E-state index in [0.717, 1.165) is 35.3 Å². The number of rotatable bonds is 3. The fraction of sp³-hybridized carbons (Fsp3) is 0.296. The smallest absolute Gasteiger partial charge is 0.247 e. The minimum Gasteiger partial charge on any atom is -0.443 e. The van der Waals surface area contributed by atoms with Gasteiger partial charge in [-0.1, -0.05) is 18.2 Å². The number of hydrogen-bond donors (Lipinski definition) is 1. The molecule has 5 rings (SSSR count). The number of aryl methyl sites for hydroxylation is 1. The highest BCUT2D eigenvalue weighted by atomic mass is 32.2. The zero-order valence-electron chi connectivity index (χ0n) is 20.6. The van der Waals surface area contributed by atoms with Crippen LogP contribution in [-0.4, -0.2) is 51.4 Å². The Morgan fingerprint density at radius 1 is 1.09 bits per heavy atom. The first-order valence-electron chi connectivity index (χ1n) is 11.4. The number of likely N-dealkylation sites (tertiary alicyclic amines) is 1. The number of nitrogens with one attached hydrogen (secondary N) is 1. The van der Waals surface area contributed by atoms with Gasteiger partial charge in [0.2, 0.25) is 11.8 Å². The molecule has 184 valence electrons. The van der Waals surface area contributed by atoms with Gasteiger partial charge in [0, 0.05) is 25.9 Å². The fourth-order valence-corrected chi connectivity index (χ4v) is 3.89. The third-order valence-corrected chi connectivity index (χ3v) is 5.49. The van der Waals surface area contributed by atoms with Gasteiger partial charge in [-0.3, -0.25) is 9.59 Å². The summed E-state index contributed by atoms with van der Waals surface area (Å²) in [4.78, 5) is 29.8. The Morgan fingerprint density at radius 2 is 1.80 bits per heavy atom. The van der Waals surface area contributed by atoms with Gasteiger partial charge in [0.1, 0.15) is 11.6 Å². The Morgan fingerprint density at radius 3 is 2.51 bits per heavy atom. The van der Waals surface area contributed by atoms with Gasteiger partial charge in [0.15, 0.2) is 12.0 Å². The molecule has 1 N–H and O–H groups in total. The Bertz CT molecular complexity index is 1240. The highest BCUT2D eigenvalue weighted by Gasteiger charge is 2.32. The van der Waals surface area contributed by atoms with Crippen molar-refractivity contribution in [3.8, 4) is 5.69 Å².